The van der Waals surface area contributed by atoms with Crippen LogP contribution in [0.3, 0.4) is 0 Å². The number of fused-ring (bicyclic) bond motifs is 1. The monoisotopic (exact) mass is 304 g/mol. The lowest BCUT2D eigenvalue weighted by Crippen LogP contribution is -2.20. The van der Waals surface area contributed by atoms with Gasteiger partial charge in [0.2, 0.25) is 0 Å². The first-order valence-electron chi connectivity index (χ1n) is 7.67. The zero-order valence-electron chi connectivity index (χ0n) is 12.5. The number of carbonyl (C=O) groups excluding carboxylic acids is 1. The summed E-state index contributed by atoms with van der Waals surface area (Å²) in [4.78, 5) is 12.5. The van der Waals surface area contributed by atoms with E-state index in [4.69, 9.17) is 0 Å². The number of nitrogens with zero attached hydrogens (tertiary/aromatic N) is 2. The average molecular weight is 304 g/mol. The van der Waals surface area contributed by atoms with Crippen molar-refractivity contribution in [2.45, 2.75) is 18.8 Å². The van der Waals surface area contributed by atoms with E-state index in [0.717, 1.165) is 16.9 Å². The molecule has 0 spiro atoms. The van der Waals surface area contributed by atoms with Crippen LogP contribution in [0.5, 0.6) is 5.75 Å². The molecule has 23 heavy (non-hydrogen) atoms. The van der Waals surface area contributed by atoms with Gasteiger partial charge in [-0.1, -0.05) is 36.4 Å². The maximum absolute atomic E-state index is 12.5. The van der Waals surface area contributed by atoms with Gasteiger partial charge in [-0.2, -0.15) is 5.10 Å². The highest BCUT2D eigenvalue weighted by atomic mass is 16.3. The lowest BCUT2D eigenvalue weighted by atomic mass is 9.82. The van der Waals surface area contributed by atoms with E-state index in [1.807, 2.05) is 47.1 Å². The van der Waals surface area contributed by atoms with Crippen molar-refractivity contribution in [3.63, 3.8) is 0 Å². The lowest BCUT2D eigenvalue weighted by molar-refractivity contribution is 0.0963. The Bertz CT molecular complexity index is 868. The van der Waals surface area contributed by atoms with Gasteiger partial charge in [0.25, 0.3) is 0 Å². The summed E-state index contributed by atoms with van der Waals surface area (Å²) in [5.74, 6) is 0.316. The minimum atomic E-state index is -0.0182. The molecular formula is C19H16N2O2. The van der Waals surface area contributed by atoms with Crippen molar-refractivity contribution in [2.75, 3.05) is 0 Å². The van der Waals surface area contributed by atoms with Crippen LogP contribution in [0.4, 0.5) is 0 Å². The molecule has 3 aromatic rings. The number of para-hydroxylation sites is 2. The maximum atomic E-state index is 12.5. The Labute approximate surface area is 134 Å². The van der Waals surface area contributed by atoms with Crippen molar-refractivity contribution in [3.05, 3.63) is 77.6 Å². The summed E-state index contributed by atoms with van der Waals surface area (Å²) in [5.41, 5.74) is 3.38. The SMILES string of the molecule is O=C1CC(c2ccccc2O)Cc2c1cnn2-c1ccccc1. The second-order valence-electron chi connectivity index (χ2n) is 5.84. The number of rotatable bonds is 2. The zero-order chi connectivity index (χ0) is 15.8. The molecular weight excluding hydrogens is 288 g/mol. The standard InChI is InChI=1S/C19H16N2O2/c22-18-9-5-4-8-15(18)13-10-17-16(19(23)11-13)12-20-21(17)14-6-2-1-3-7-14/h1-9,12-13,22H,10-11H2. The molecule has 4 rings (SSSR count). The molecule has 4 nitrogen and oxygen atoms in total. The van der Waals surface area contributed by atoms with Crippen LogP contribution < -0.4 is 0 Å². The van der Waals surface area contributed by atoms with E-state index in [1.54, 1.807) is 18.3 Å². The van der Waals surface area contributed by atoms with Gasteiger partial charge in [-0.05, 0) is 30.2 Å². The number of aromatic hydroxyl groups is 1. The van der Waals surface area contributed by atoms with Crippen molar-refractivity contribution in [2.24, 2.45) is 0 Å². The molecule has 4 heteroatoms. The number of carbonyl (C=O) groups is 1. The number of phenolic OH excluding ortho intramolecular Hbond substituents is 1. The molecule has 1 aromatic heterocycles. The van der Waals surface area contributed by atoms with E-state index in [1.165, 1.54) is 0 Å². The van der Waals surface area contributed by atoms with Gasteiger partial charge in [-0.25, -0.2) is 4.68 Å². The highest BCUT2D eigenvalue weighted by molar-refractivity contribution is 5.98. The van der Waals surface area contributed by atoms with E-state index >= 15 is 0 Å². The van der Waals surface area contributed by atoms with Crippen molar-refractivity contribution in [1.29, 1.82) is 0 Å². The molecule has 0 saturated carbocycles. The molecule has 1 N–H and O–H groups in total. The highest BCUT2D eigenvalue weighted by Gasteiger charge is 2.31. The van der Waals surface area contributed by atoms with Crippen molar-refractivity contribution >= 4 is 5.78 Å². The Hall–Kier alpha value is -2.88. The van der Waals surface area contributed by atoms with Gasteiger partial charge in [0.05, 0.1) is 23.1 Å². The van der Waals surface area contributed by atoms with Gasteiger partial charge in [-0.3, -0.25) is 4.79 Å². The Morgan fingerprint density at radius 1 is 1.00 bits per heavy atom. The van der Waals surface area contributed by atoms with Crippen LogP contribution in [0.2, 0.25) is 0 Å². The van der Waals surface area contributed by atoms with Gasteiger partial charge < -0.3 is 5.11 Å². The quantitative estimate of drug-likeness (QED) is 0.788. The fraction of sp³-hybridized carbons (Fsp3) is 0.158. The van der Waals surface area contributed by atoms with Gasteiger partial charge in [0, 0.05) is 12.3 Å². The molecule has 0 fully saturated rings. The Balaban J connectivity index is 1.78. The summed E-state index contributed by atoms with van der Waals surface area (Å²) in [6.07, 6.45) is 2.75. The zero-order valence-corrected chi connectivity index (χ0v) is 12.5. The summed E-state index contributed by atoms with van der Waals surface area (Å²) in [5, 5.41) is 14.5. The first-order valence-corrected chi connectivity index (χ1v) is 7.67. The van der Waals surface area contributed by atoms with E-state index in [-0.39, 0.29) is 17.5 Å². The molecule has 0 amide bonds. The summed E-state index contributed by atoms with van der Waals surface area (Å²) < 4.78 is 1.83. The number of aromatic nitrogens is 2. The first kappa shape index (κ1) is 13.8. The topological polar surface area (TPSA) is 55.1 Å². The fourth-order valence-corrected chi connectivity index (χ4v) is 3.29. The molecule has 1 aliphatic carbocycles. The maximum Gasteiger partial charge on any atom is 0.166 e. The minimum Gasteiger partial charge on any atom is -0.508 e. The van der Waals surface area contributed by atoms with E-state index in [0.29, 0.717) is 18.4 Å². The van der Waals surface area contributed by atoms with Crippen LogP contribution in [0.1, 0.15) is 34.0 Å². The van der Waals surface area contributed by atoms with E-state index in [9.17, 15) is 9.90 Å². The summed E-state index contributed by atoms with van der Waals surface area (Å²) in [6.45, 7) is 0. The third-order valence-electron chi connectivity index (χ3n) is 4.42. The normalized spacial score (nSPS) is 17.0. The molecule has 1 aliphatic rings. The summed E-state index contributed by atoms with van der Waals surface area (Å²) >= 11 is 0. The van der Waals surface area contributed by atoms with Crippen LogP contribution in [-0.4, -0.2) is 20.7 Å². The first-order chi connectivity index (χ1) is 11.2. The number of phenols is 1. The number of ketones is 1. The Morgan fingerprint density at radius 2 is 1.74 bits per heavy atom. The molecule has 1 heterocycles. The average Bonchev–Trinajstić information content (AvgIpc) is 3.00. The molecule has 0 aliphatic heterocycles. The third kappa shape index (κ3) is 2.32. The fourth-order valence-electron chi connectivity index (χ4n) is 3.29. The molecule has 0 radical (unpaired) electrons. The molecule has 1 atom stereocenters. The van der Waals surface area contributed by atoms with Crippen molar-refractivity contribution < 1.29 is 9.90 Å². The van der Waals surface area contributed by atoms with E-state index < -0.39 is 0 Å². The minimum absolute atomic E-state index is 0.0182. The van der Waals surface area contributed by atoms with Crippen LogP contribution in [0.15, 0.2) is 60.8 Å². The van der Waals surface area contributed by atoms with Crippen LogP contribution in [-0.2, 0) is 6.42 Å². The third-order valence-corrected chi connectivity index (χ3v) is 4.42. The van der Waals surface area contributed by atoms with Gasteiger partial charge in [0.15, 0.2) is 5.78 Å². The van der Waals surface area contributed by atoms with Crippen LogP contribution in [0, 0.1) is 0 Å². The van der Waals surface area contributed by atoms with Gasteiger partial charge >= 0.3 is 0 Å². The molecule has 0 saturated heterocycles. The Morgan fingerprint density at radius 3 is 2.52 bits per heavy atom. The molecule has 2 aromatic carbocycles. The van der Waals surface area contributed by atoms with Gasteiger partial charge in [0.1, 0.15) is 5.75 Å². The number of benzene rings is 2. The summed E-state index contributed by atoms with van der Waals surface area (Å²) in [6, 6.07) is 17.1. The van der Waals surface area contributed by atoms with Crippen molar-refractivity contribution in [1.82, 2.24) is 9.78 Å². The van der Waals surface area contributed by atoms with Crippen molar-refractivity contribution in [3.8, 4) is 11.4 Å². The molecule has 114 valence electrons. The van der Waals surface area contributed by atoms with Crippen LogP contribution in [0.25, 0.3) is 5.69 Å². The predicted octanol–water partition coefficient (Wildman–Crippen LogP) is 3.49. The second kappa shape index (κ2) is 5.39. The second-order valence-corrected chi connectivity index (χ2v) is 5.84. The van der Waals surface area contributed by atoms with Gasteiger partial charge in [-0.15, -0.1) is 0 Å². The number of Topliss-reactive ketones (excluding diaryl/α,β-unsaturated/α-hetero) is 1. The predicted molar refractivity (Wildman–Crippen MR) is 87.1 cm³/mol. The number of hydrogen-bond donors (Lipinski definition) is 1. The summed E-state index contributed by atoms with van der Waals surface area (Å²) in [7, 11) is 0. The van der Waals surface area contributed by atoms with E-state index in [2.05, 4.69) is 5.10 Å². The Kier molecular flexibility index (Phi) is 3.23. The molecule has 1 unspecified atom stereocenters. The highest BCUT2D eigenvalue weighted by Crippen LogP contribution is 2.37. The largest absolute Gasteiger partial charge is 0.508 e. The van der Waals surface area contributed by atoms with Crippen LogP contribution >= 0.6 is 0 Å². The number of hydrogen-bond acceptors (Lipinski definition) is 3. The lowest BCUT2D eigenvalue weighted by Gasteiger charge is -2.23. The molecule has 0 bridgehead atoms. The smallest absolute Gasteiger partial charge is 0.166 e.